The standard InChI is InChI=1S/C13H18N4O/c1-9(2)11-6-10(4-5-12(11)18-3)7-17-8-15-13(14)16-17/h4-6,8-9H,7H2,1-3H3,(H2,14,16). The van der Waals surface area contributed by atoms with Gasteiger partial charge in [0.2, 0.25) is 5.95 Å². The summed E-state index contributed by atoms with van der Waals surface area (Å²) in [7, 11) is 1.69. The zero-order chi connectivity index (χ0) is 13.1. The summed E-state index contributed by atoms with van der Waals surface area (Å²) in [6.45, 7) is 4.96. The quantitative estimate of drug-likeness (QED) is 0.896. The lowest BCUT2D eigenvalue weighted by Gasteiger charge is -2.13. The molecule has 0 aliphatic carbocycles. The van der Waals surface area contributed by atoms with Gasteiger partial charge in [0.1, 0.15) is 12.1 Å². The van der Waals surface area contributed by atoms with E-state index in [1.54, 1.807) is 18.1 Å². The number of nitrogens with two attached hydrogens (primary N) is 1. The van der Waals surface area contributed by atoms with Crippen molar-refractivity contribution in [3.63, 3.8) is 0 Å². The van der Waals surface area contributed by atoms with Gasteiger partial charge in [0.25, 0.3) is 0 Å². The fourth-order valence-corrected chi connectivity index (χ4v) is 1.91. The van der Waals surface area contributed by atoms with Crippen LogP contribution in [0, 0.1) is 0 Å². The molecule has 1 heterocycles. The predicted molar refractivity (Wildman–Crippen MR) is 70.6 cm³/mol. The van der Waals surface area contributed by atoms with E-state index in [-0.39, 0.29) is 0 Å². The summed E-state index contributed by atoms with van der Waals surface area (Å²) in [6, 6.07) is 6.16. The van der Waals surface area contributed by atoms with E-state index in [1.165, 1.54) is 5.56 Å². The Labute approximate surface area is 107 Å². The van der Waals surface area contributed by atoms with Gasteiger partial charge in [0.05, 0.1) is 13.7 Å². The van der Waals surface area contributed by atoms with Crippen LogP contribution in [0.15, 0.2) is 24.5 Å². The molecule has 0 amide bonds. The molecule has 1 aromatic heterocycles. The third-order valence-corrected chi connectivity index (χ3v) is 2.81. The van der Waals surface area contributed by atoms with E-state index in [2.05, 4.69) is 30.0 Å². The molecule has 0 saturated carbocycles. The molecular formula is C13H18N4O. The molecule has 18 heavy (non-hydrogen) atoms. The Morgan fingerprint density at radius 2 is 2.17 bits per heavy atom. The summed E-state index contributed by atoms with van der Waals surface area (Å²) in [5.41, 5.74) is 7.85. The molecule has 0 atom stereocenters. The minimum atomic E-state index is 0.299. The van der Waals surface area contributed by atoms with Crippen LogP contribution in [0.1, 0.15) is 30.9 Å². The highest BCUT2D eigenvalue weighted by molar-refractivity contribution is 5.39. The average molecular weight is 246 g/mol. The van der Waals surface area contributed by atoms with Gasteiger partial charge in [-0.3, -0.25) is 0 Å². The van der Waals surface area contributed by atoms with E-state index >= 15 is 0 Å². The highest BCUT2D eigenvalue weighted by Crippen LogP contribution is 2.27. The van der Waals surface area contributed by atoms with Crippen LogP contribution in [0.2, 0.25) is 0 Å². The normalized spacial score (nSPS) is 10.9. The van der Waals surface area contributed by atoms with E-state index < -0.39 is 0 Å². The van der Waals surface area contributed by atoms with Gasteiger partial charge in [0.15, 0.2) is 0 Å². The van der Waals surface area contributed by atoms with Crippen molar-refractivity contribution in [1.29, 1.82) is 0 Å². The highest BCUT2D eigenvalue weighted by Gasteiger charge is 2.09. The number of methoxy groups -OCH3 is 1. The first kappa shape index (κ1) is 12.4. The Bertz CT molecular complexity index is 534. The van der Waals surface area contributed by atoms with E-state index in [1.807, 2.05) is 12.1 Å². The van der Waals surface area contributed by atoms with Crippen molar-refractivity contribution in [2.24, 2.45) is 0 Å². The van der Waals surface area contributed by atoms with Gasteiger partial charge in [-0.05, 0) is 29.2 Å². The Morgan fingerprint density at radius 1 is 1.39 bits per heavy atom. The number of ether oxygens (including phenoxy) is 1. The number of hydrogen-bond donors (Lipinski definition) is 1. The van der Waals surface area contributed by atoms with Crippen LogP contribution in [0.4, 0.5) is 5.95 Å². The molecule has 2 aromatic rings. The fraction of sp³-hybridized carbons (Fsp3) is 0.385. The molecule has 2 rings (SSSR count). The van der Waals surface area contributed by atoms with Gasteiger partial charge in [0, 0.05) is 0 Å². The van der Waals surface area contributed by atoms with Gasteiger partial charge in [-0.25, -0.2) is 9.67 Å². The zero-order valence-corrected chi connectivity index (χ0v) is 10.9. The number of anilines is 1. The first-order chi connectivity index (χ1) is 8.60. The molecular weight excluding hydrogens is 228 g/mol. The van der Waals surface area contributed by atoms with Crippen molar-refractivity contribution < 1.29 is 4.74 Å². The second-order valence-corrected chi connectivity index (χ2v) is 4.53. The van der Waals surface area contributed by atoms with Crippen LogP contribution in [0.3, 0.4) is 0 Å². The number of benzene rings is 1. The Morgan fingerprint density at radius 3 is 2.72 bits per heavy atom. The summed E-state index contributed by atoms with van der Waals surface area (Å²) < 4.78 is 7.08. The second kappa shape index (κ2) is 5.08. The molecule has 0 unspecified atom stereocenters. The molecule has 0 fully saturated rings. The Hall–Kier alpha value is -2.04. The minimum Gasteiger partial charge on any atom is -0.496 e. The van der Waals surface area contributed by atoms with Gasteiger partial charge >= 0.3 is 0 Å². The Balaban J connectivity index is 2.26. The van der Waals surface area contributed by atoms with Gasteiger partial charge in [-0.1, -0.05) is 19.9 Å². The fourth-order valence-electron chi connectivity index (χ4n) is 1.91. The maximum absolute atomic E-state index is 5.49. The molecule has 5 heteroatoms. The topological polar surface area (TPSA) is 66.0 Å². The highest BCUT2D eigenvalue weighted by atomic mass is 16.5. The predicted octanol–water partition coefficient (Wildman–Crippen LogP) is 2.04. The first-order valence-electron chi connectivity index (χ1n) is 5.92. The molecule has 0 spiro atoms. The van der Waals surface area contributed by atoms with Crippen molar-refractivity contribution in [3.05, 3.63) is 35.7 Å². The molecule has 96 valence electrons. The molecule has 0 bridgehead atoms. The van der Waals surface area contributed by atoms with Gasteiger partial charge in [-0.15, -0.1) is 5.10 Å². The second-order valence-electron chi connectivity index (χ2n) is 4.53. The van der Waals surface area contributed by atoms with Crippen LogP contribution in [0.25, 0.3) is 0 Å². The summed E-state index contributed by atoms with van der Waals surface area (Å²) in [4.78, 5) is 3.91. The lowest BCUT2D eigenvalue weighted by atomic mass is 9.99. The molecule has 0 aliphatic rings. The first-order valence-corrected chi connectivity index (χ1v) is 5.92. The molecule has 0 aliphatic heterocycles. The van der Waals surface area contributed by atoms with Crippen molar-refractivity contribution >= 4 is 5.95 Å². The van der Waals surface area contributed by atoms with Crippen LogP contribution in [-0.2, 0) is 6.54 Å². The SMILES string of the molecule is COc1ccc(Cn2cnc(N)n2)cc1C(C)C. The van der Waals surface area contributed by atoms with Crippen LogP contribution < -0.4 is 10.5 Å². The zero-order valence-electron chi connectivity index (χ0n) is 10.9. The van der Waals surface area contributed by atoms with E-state index in [0.29, 0.717) is 18.4 Å². The monoisotopic (exact) mass is 246 g/mol. The third kappa shape index (κ3) is 2.61. The number of aromatic nitrogens is 3. The van der Waals surface area contributed by atoms with E-state index in [9.17, 15) is 0 Å². The van der Waals surface area contributed by atoms with Crippen molar-refractivity contribution in [1.82, 2.24) is 14.8 Å². The van der Waals surface area contributed by atoms with E-state index in [0.717, 1.165) is 11.3 Å². The summed E-state index contributed by atoms with van der Waals surface area (Å²) in [5, 5.41) is 4.08. The van der Waals surface area contributed by atoms with Crippen LogP contribution >= 0.6 is 0 Å². The summed E-state index contributed by atoms with van der Waals surface area (Å²) in [6.07, 6.45) is 1.63. The molecule has 5 nitrogen and oxygen atoms in total. The molecule has 0 saturated heterocycles. The lowest BCUT2D eigenvalue weighted by molar-refractivity contribution is 0.407. The van der Waals surface area contributed by atoms with E-state index in [4.69, 9.17) is 10.5 Å². The number of hydrogen-bond acceptors (Lipinski definition) is 4. The van der Waals surface area contributed by atoms with Crippen LogP contribution in [0.5, 0.6) is 5.75 Å². The van der Waals surface area contributed by atoms with Crippen LogP contribution in [-0.4, -0.2) is 21.9 Å². The van der Waals surface area contributed by atoms with Gasteiger partial charge < -0.3 is 10.5 Å². The minimum absolute atomic E-state index is 0.299. The smallest absolute Gasteiger partial charge is 0.239 e. The Kier molecular flexibility index (Phi) is 3.50. The average Bonchev–Trinajstić information content (AvgIpc) is 2.74. The van der Waals surface area contributed by atoms with Gasteiger partial charge in [-0.2, -0.15) is 0 Å². The largest absolute Gasteiger partial charge is 0.496 e. The number of nitrogen functional groups attached to an aromatic ring is 1. The summed E-state index contributed by atoms with van der Waals surface area (Å²) in [5.74, 6) is 1.64. The molecule has 1 aromatic carbocycles. The number of rotatable bonds is 4. The number of nitrogens with zero attached hydrogens (tertiary/aromatic N) is 3. The maximum Gasteiger partial charge on any atom is 0.239 e. The van der Waals surface area contributed by atoms with Crippen molar-refractivity contribution in [2.45, 2.75) is 26.3 Å². The third-order valence-electron chi connectivity index (χ3n) is 2.81. The lowest BCUT2D eigenvalue weighted by Crippen LogP contribution is -2.03. The molecule has 2 N–H and O–H groups in total. The summed E-state index contributed by atoms with van der Waals surface area (Å²) >= 11 is 0. The van der Waals surface area contributed by atoms with Crippen molar-refractivity contribution in [2.75, 3.05) is 12.8 Å². The maximum atomic E-state index is 5.49. The molecule has 0 radical (unpaired) electrons. The van der Waals surface area contributed by atoms with Crippen molar-refractivity contribution in [3.8, 4) is 5.75 Å².